The number of amides is 1. The first-order valence-corrected chi connectivity index (χ1v) is 8.01. The Kier molecular flexibility index (Phi) is 6.34. The molecule has 1 aromatic heterocycles. The molecule has 0 saturated carbocycles. The predicted molar refractivity (Wildman–Crippen MR) is 86.3 cm³/mol. The van der Waals surface area contributed by atoms with Gasteiger partial charge < -0.3 is 9.64 Å². The average Bonchev–Trinajstić information content (AvgIpc) is 2.47. The molecule has 22 heavy (non-hydrogen) atoms. The SMILES string of the molecule is CC(C)C[C@H]1CN(C(=O)CN(C)Cc2ccncc2)CCO1. The van der Waals surface area contributed by atoms with Crippen LogP contribution < -0.4 is 0 Å². The lowest BCUT2D eigenvalue weighted by Crippen LogP contribution is -2.48. The molecule has 1 aliphatic heterocycles. The van der Waals surface area contributed by atoms with Gasteiger partial charge in [-0.3, -0.25) is 14.7 Å². The van der Waals surface area contributed by atoms with Crippen molar-refractivity contribution in [3.63, 3.8) is 0 Å². The van der Waals surface area contributed by atoms with Gasteiger partial charge in [-0.25, -0.2) is 0 Å². The number of aromatic nitrogens is 1. The first-order valence-electron chi connectivity index (χ1n) is 8.01. The molecule has 0 N–H and O–H groups in total. The first-order chi connectivity index (χ1) is 10.5. The molecule has 5 heteroatoms. The van der Waals surface area contributed by atoms with E-state index in [1.807, 2.05) is 29.0 Å². The molecule has 1 aliphatic rings. The van der Waals surface area contributed by atoms with Crippen molar-refractivity contribution in [2.24, 2.45) is 5.92 Å². The zero-order chi connectivity index (χ0) is 15.9. The Morgan fingerprint density at radius 2 is 2.18 bits per heavy atom. The van der Waals surface area contributed by atoms with Gasteiger partial charge in [0.1, 0.15) is 0 Å². The Morgan fingerprint density at radius 3 is 2.86 bits per heavy atom. The highest BCUT2D eigenvalue weighted by atomic mass is 16.5. The number of rotatable bonds is 6. The third-order valence-electron chi connectivity index (χ3n) is 3.83. The summed E-state index contributed by atoms with van der Waals surface area (Å²) in [6.07, 6.45) is 4.76. The lowest BCUT2D eigenvalue weighted by molar-refractivity contribution is -0.140. The van der Waals surface area contributed by atoms with Gasteiger partial charge in [0, 0.05) is 32.0 Å². The number of morpholine rings is 1. The van der Waals surface area contributed by atoms with Crippen LogP contribution in [0.1, 0.15) is 25.8 Å². The van der Waals surface area contributed by atoms with Gasteiger partial charge in [0.25, 0.3) is 0 Å². The molecule has 122 valence electrons. The van der Waals surface area contributed by atoms with Crippen LogP contribution >= 0.6 is 0 Å². The van der Waals surface area contributed by atoms with Crippen molar-refractivity contribution in [2.75, 3.05) is 33.3 Å². The third-order valence-corrected chi connectivity index (χ3v) is 3.83. The van der Waals surface area contributed by atoms with Crippen LogP contribution in [0.25, 0.3) is 0 Å². The summed E-state index contributed by atoms with van der Waals surface area (Å²) >= 11 is 0. The summed E-state index contributed by atoms with van der Waals surface area (Å²) in [5.41, 5.74) is 1.17. The third kappa shape index (κ3) is 5.39. The van der Waals surface area contributed by atoms with Crippen molar-refractivity contribution in [2.45, 2.75) is 32.9 Å². The monoisotopic (exact) mass is 305 g/mol. The van der Waals surface area contributed by atoms with E-state index >= 15 is 0 Å². The minimum atomic E-state index is 0.184. The summed E-state index contributed by atoms with van der Waals surface area (Å²) in [6.45, 7) is 7.65. The Hall–Kier alpha value is -1.46. The highest BCUT2D eigenvalue weighted by molar-refractivity contribution is 5.78. The van der Waals surface area contributed by atoms with Crippen molar-refractivity contribution in [3.05, 3.63) is 30.1 Å². The van der Waals surface area contributed by atoms with Gasteiger partial charge in [-0.1, -0.05) is 13.8 Å². The fourth-order valence-corrected chi connectivity index (χ4v) is 2.80. The van der Waals surface area contributed by atoms with Gasteiger partial charge in [0.15, 0.2) is 0 Å². The molecule has 2 rings (SSSR count). The van der Waals surface area contributed by atoms with Crippen LogP contribution in [-0.4, -0.2) is 60.1 Å². The highest BCUT2D eigenvalue weighted by Gasteiger charge is 2.25. The maximum absolute atomic E-state index is 12.4. The number of hydrogen-bond acceptors (Lipinski definition) is 4. The number of pyridine rings is 1. The lowest BCUT2D eigenvalue weighted by Gasteiger charge is -2.34. The zero-order valence-electron chi connectivity index (χ0n) is 13.9. The summed E-state index contributed by atoms with van der Waals surface area (Å²) in [4.78, 5) is 20.4. The zero-order valence-corrected chi connectivity index (χ0v) is 13.9. The average molecular weight is 305 g/mol. The van der Waals surface area contributed by atoms with Crippen molar-refractivity contribution < 1.29 is 9.53 Å². The Labute approximate surface area is 133 Å². The molecule has 0 aromatic carbocycles. The number of likely N-dealkylation sites (N-methyl/N-ethyl adjacent to an activating group) is 1. The summed E-state index contributed by atoms with van der Waals surface area (Å²) < 4.78 is 5.76. The van der Waals surface area contributed by atoms with Gasteiger partial charge in [0.05, 0.1) is 19.3 Å². The van der Waals surface area contributed by atoms with Crippen LogP contribution in [-0.2, 0) is 16.1 Å². The topological polar surface area (TPSA) is 45.7 Å². The lowest BCUT2D eigenvalue weighted by atomic mass is 10.0. The standard InChI is InChI=1S/C17H27N3O2/c1-14(2)10-16-12-20(8-9-22-16)17(21)13-19(3)11-15-4-6-18-7-5-15/h4-7,14,16H,8-13H2,1-3H3/t16-/m0/s1. The molecule has 0 aliphatic carbocycles. The van der Waals surface area contributed by atoms with Crippen molar-refractivity contribution in [3.8, 4) is 0 Å². The van der Waals surface area contributed by atoms with Gasteiger partial charge in [-0.2, -0.15) is 0 Å². The summed E-state index contributed by atoms with van der Waals surface area (Å²) in [7, 11) is 1.98. The van der Waals surface area contributed by atoms with Crippen LogP contribution in [0.3, 0.4) is 0 Å². The molecule has 1 fully saturated rings. The molecule has 0 bridgehead atoms. The van der Waals surface area contributed by atoms with E-state index in [9.17, 15) is 4.79 Å². The Morgan fingerprint density at radius 1 is 1.45 bits per heavy atom. The van der Waals surface area contributed by atoms with Crippen molar-refractivity contribution in [1.29, 1.82) is 0 Å². The normalized spacial score (nSPS) is 19.0. The van der Waals surface area contributed by atoms with E-state index in [0.29, 0.717) is 25.6 Å². The number of carbonyl (C=O) groups excluding carboxylic acids is 1. The number of ether oxygens (including phenoxy) is 1. The summed E-state index contributed by atoms with van der Waals surface area (Å²) in [5.74, 6) is 0.781. The van der Waals surface area contributed by atoms with E-state index < -0.39 is 0 Å². The van der Waals surface area contributed by atoms with E-state index in [-0.39, 0.29) is 12.0 Å². The molecule has 1 amide bonds. The highest BCUT2D eigenvalue weighted by Crippen LogP contribution is 2.14. The molecule has 5 nitrogen and oxygen atoms in total. The molecule has 0 spiro atoms. The van der Waals surface area contributed by atoms with E-state index in [4.69, 9.17) is 4.74 Å². The molecular weight excluding hydrogens is 278 g/mol. The Bertz CT molecular complexity index is 464. The molecule has 1 saturated heterocycles. The molecule has 1 atom stereocenters. The minimum Gasteiger partial charge on any atom is -0.375 e. The van der Waals surface area contributed by atoms with Crippen LogP contribution in [0.15, 0.2) is 24.5 Å². The summed E-state index contributed by atoms with van der Waals surface area (Å²) in [6, 6.07) is 3.96. The second-order valence-electron chi connectivity index (χ2n) is 6.49. The van der Waals surface area contributed by atoms with Gasteiger partial charge in [-0.05, 0) is 37.1 Å². The second-order valence-corrected chi connectivity index (χ2v) is 6.49. The van der Waals surface area contributed by atoms with Crippen LogP contribution in [0.4, 0.5) is 0 Å². The fourth-order valence-electron chi connectivity index (χ4n) is 2.80. The number of nitrogens with zero attached hydrogens (tertiary/aromatic N) is 3. The van der Waals surface area contributed by atoms with E-state index in [2.05, 4.69) is 18.8 Å². The number of hydrogen-bond donors (Lipinski definition) is 0. The van der Waals surface area contributed by atoms with E-state index in [1.54, 1.807) is 12.4 Å². The van der Waals surface area contributed by atoms with Crippen LogP contribution in [0.2, 0.25) is 0 Å². The fraction of sp³-hybridized carbons (Fsp3) is 0.647. The van der Waals surface area contributed by atoms with Gasteiger partial charge in [-0.15, -0.1) is 0 Å². The maximum atomic E-state index is 12.4. The first kappa shape index (κ1) is 16.9. The molecule has 0 unspecified atom stereocenters. The maximum Gasteiger partial charge on any atom is 0.236 e. The van der Waals surface area contributed by atoms with Crippen molar-refractivity contribution in [1.82, 2.24) is 14.8 Å². The molecular formula is C17H27N3O2. The molecule has 2 heterocycles. The van der Waals surface area contributed by atoms with E-state index in [1.165, 1.54) is 5.56 Å². The van der Waals surface area contributed by atoms with Crippen molar-refractivity contribution >= 4 is 5.91 Å². The largest absolute Gasteiger partial charge is 0.375 e. The van der Waals surface area contributed by atoms with E-state index in [0.717, 1.165) is 19.5 Å². The summed E-state index contributed by atoms with van der Waals surface area (Å²) in [5, 5.41) is 0. The minimum absolute atomic E-state index is 0.184. The van der Waals surface area contributed by atoms with Gasteiger partial charge in [0.2, 0.25) is 5.91 Å². The van der Waals surface area contributed by atoms with Crippen LogP contribution in [0, 0.1) is 5.92 Å². The molecule has 1 aromatic rings. The molecule has 0 radical (unpaired) electrons. The van der Waals surface area contributed by atoms with Crippen LogP contribution in [0.5, 0.6) is 0 Å². The van der Waals surface area contributed by atoms with Gasteiger partial charge >= 0.3 is 0 Å². The number of carbonyl (C=O) groups is 1. The second kappa shape index (κ2) is 8.25. The quantitative estimate of drug-likeness (QED) is 0.804. The predicted octanol–water partition coefficient (Wildman–Crippen LogP) is 1.79. The Balaban J connectivity index is 1.80. The smallest absolute Gasteiger partial charge is 0.236 e.